The number of benzene rings is 1. The second-order valence-electron chi connectivity index (χ2n) is 3.66. The molecule has 2 N–H and O–H groups in total. The molecule has 1 aromatic heterocycles. The predicted molar refractivity (Wildman–Crippen MR) is 67.5 cm³/mol. The van der Waals surface area contributed by atoms with E-state index in [0.29, 0.717) is 5.69 Å². The fourth-order valence-electron chi connectivity index (χ4n) is 1.56. The normalized spacial score (nSPS) is 10.5. The number of rotatable bonds is 3. The van der Waals surface area contributed by atoms with E-state index in [9.17, 15) is 4.79 Å². The van der Waals surface area contributed by atoms with Crippen molar-refractivity contribution in [3.05, 3.63) is 35.5 Å². The Kier molecular flexibility index (Phi) is 3.19. The quantitative estimate of drug-likeness (QED) is 0.820. The molecule has 0 saturated carbocycles. The smallest absolute Gasteiger partial charge is 0.353 e. The van der Waals surface area contributed by atoms with E-state index in [-0.39, 0.29) is 5.69 Å². The van der Waals surface area contributed by atoms with Crippen LogP contribution >= 0.6 is 11.8 Å². The van der Waals surface area contributed by atoms with Crippen LogP contribution in [-0.2, 0) is 0 Å². The highest BCUT2D eigenvalue weighted by atomic mass is 32.2. The highest BCUT2D eigenvalue weighted by Gasteiger charge is 2.10. The number of aromatic carboxylic acids is 1. The third-order valence-corrected chi connectivity index (χ3v) is 3.39. The molecule has 0 aliphatic heterocycles. The van der Waals surface area contributed by atoms with Crippen LogP contribution in [0.25, 0.3) is 11.3 Å². The first kappa shape index (κ1) is 11.7. The Morgan fingerprint density at radius 2 is 2.18 bits per heavy atom. The number of nitrogens with zero attached hydrogens (tertiary/aromatic N) is 1. The van der Waals surface area contributed by atoms with E-state index in [2.05, 4.69) is 10.2 Å². The van der Waals surface area contributed by atoms with Crippen LogP contribution in [0.2, 0.25) is 0 Å². The zero-order valence-electron chi connectivity index (χ0n) is 9.52. The largest absolute Gasteiger partial charge is 0.477 e. The molecule has 0 radical (unpaired) electrons. The van der Waals surface area contributed by atoms with Gasteiger partial charge in [0.1, 0.15) is 5.69 Å². The molecule has 1 heterocycles. The molecular weight excluding hydrogens is 236 g/mol. The first-order valence-corrected chi connectivity index (χ1v) is 6.28. The summed E-state index contributed by atoms with van der Waals surface area (Å²) in [4.78, 5) is 11.9. The monoisotopic (exact) mass is 248 g/mol. The zero-order chi connectivity index (χ0) is 12.4. The summed E-state index contributed by atoms with van der Waals surface area (Å²) in [6.45, 7) is 2.04. The van der Waals surface area contributed by atoms with Gasteiger partial charge in [0.15, 0.2) is 0 Å². The first-order chi connectivity index (χ1) is 8.11. The third kappa shape index (κ3) is 2.34. The molecule has 0 fully saturated rings. The number of aromatic amines is 1. The van der Waals surface area contributed by atoms with Crippen molar-refractivity contribution in [2.45, 2.75) is 11.8 Å². The topological polar surface area (TPSA) is 66.0 Å². The minimum atomic E-state index is -0.999. The fourth-order valence-corrected chi connectivity index (χ4v) is 2.19. The fraction of sp³-hybridized carbons (Fsp3) is 0.167. The number of aromatic nitrogens is 2. The Morgan fingerprint density at radius 3 is 2.76 bits per heavy atom. The number of hydrogen-bond acceptors (Lipinski definition) is 3. The molecule has 2 aromatic rings. The van der Waals surface area contributed by atoms with Crippen LogP contribution < -0.4 is 0 Å². The molecule has 0 saturated heterocycles. The lowest BCUT2D eigenvalue weighted by molar-refractivity contribution is 0.0690. The second kappa shape index (κ2) is 4.63. The van der Waals surface area contributed by atoms with E-state index >= 15 is 0 Å². The lowest BCUT2D eigenvalue weighted by atomic mass is 10.1. The number of carboxylic acid groups (broad SMARTS) is 1. The number of carbonyl (C=O) groups is 1. The summed E-state index contributed by atoms with van der Waals surface area (Å²) in [5, 5.41) is 15.3. The van der Waals surface area contributed by atoms with Gasteiger partial charge in [0.2, 0.25) is 0 Å². The average Bonchev–Trinajstić information content (AvgIpc) is 2.79. The van der Waals surface area contributed by atoms with Crippen molar-refractivity contribution in [1.29, 1.82) is 0 Å². The van der Waals surface area contributed by atoms with Crippen molar-refractivity contribution < 1.29 is 9.90 Å². The average molecular weight is 248 g/mol. The van der Waals surface area contributed by atoms with Crippen molar-refractivity contribution in [2.75, 3.05) is 6.26 Å². The lowest BCUT2D eigenvalue weighted by Crippen LogP contribution is -1.95. The number of nitrogens with one attached hydrogen (secondary N) is 1. The van der Waals surface area contributed by atoms with E-state index in [1.165, 1.54) is 16.5 Å². The molecule has 0 unspecified atom stereocenters. The summed E-state index contributed by atoms with van der Waals surface area (Å²) in [6, 6.07) is 7.51. The van der Waals surface area contributed by atoms with E-state index < -0.39 is 5.97 Å². The maximum absolute atomic E-state index is 10.7. The molecule has 5 heteroatoms. The van der Waals surface area contributed by atoms with Gasteiger partial charge < -0.3 is 5.11 Å². The van der Waals surface area contributed by atoms with E-state index in [1.807, 2.05) is 31.4 Å². The van der Waals surface area contributed by atoms with Crippen molar-refractivity contribution in [3.8, 4) is 11.3 Å². The van der Waals surface area contributed by atoms with Gasteiger partial charge >= 0.3 is 5.97 Å². The molecule has 17 heavy (non-hydrogen) atoms. The minimum absolute atomic E-state index is 0.103. The standard InChI is InChI=1S/C12H12N2O2S/c1-7-3-4-8(5-11(7)17-2)9-6-10(12(15)16)14-13-9/h3-6H,1-2H3,(H,13,14)(H,15,16). The highest BCUT2D eigenvalue weighted by molar-refractivity contribution is 7.98. The van der Waals surface area contributed by atoms with Gasteiger partial charge in [-0.05, 0) is 30.9 Å². The molecular formula is C12H12N2O2S. The summed E-state index contributed by atoms with van der Waals surface area (Å²) >= 11 is 1.66. The molecule has 88 valence electrons. The molecule has 0 aliphatic rings. The number of hydrogen-bond donors (Lipinski definition) is 2. The van der Waals surface area contributed by atoms with Crippen LogP contribution in [0.4, 0.5) is 0 Å². The molecule has 0 amide bonds. The van der Waals surface area contributed by atoms with Gasteiger partial charge in [0.05, 0.1) is 5.69 Å². The van der Waals surface area contributed by atoms with Gasteiger partial charge in [-0.2, -0.15) is 5.10 Å². The Labute approximate surface area is 103 Å². The molecule has 4 nitrogen and oxygen atoms in total. The summed E-state index contributed by atoms with van der Waals surface area (Å²) in [7, 11) is 0. The van der Waals surface area contributed by atoms with Crippen molar-refractivity contribution >= 4 is 17.7 Å². The third-order valence-electron chi connectivity index (χ3n) is 2.51. The van der Waals surface area contributed by atoms with Crippen LogP contribution in [-0.4, -0.2) is 27.5 Å². The summed E-state index contributed by atoms with van der Waals surface area (Å²) in [6.07, 6.45) is 2.01. The number of H-pyrrole nitrogens is 1. The van der Waals surface area contributed by atoms with Crippen molar-refractivity contribution in [1.82, 2.24) is 10.2 Å². The van der Waals surface area contributed by atoms with E-state index in [4.69, 9.17) is 5.11 Å². The second-order valence-corrected chi connectivity index (χ2v) is 4.50. The molecule has 0 spiro atoms. The van der Waals surface area contributed by atoms with E-state index in [0.717, 1.165) is 5.56 Å². The molecule has 0 aliphatic carbocycles. The predicted octanol–water partition coefficient (Wildman–Crippen LogP) is 2.81. The highest BCUT2D eigenvalue weighted by Crippen LogP contribution is 2.26. The van der Waals surface area contributed by atoms with Crippen LogP contribution in [0.15, 0.2) is 29.2 Å². The zero-order valence-corrected chi connectivity index (χ0v) is 10.3. The number of aryl methyl sites for hydroxylation is 1. The summed E-state index contributed by atoms with van der Waals surface area (Å²) < 4.78 is 0. The lowest BCUT2D eigenvalue weighted by Gasteiger charge is -2.04. The molecule has 1 aromatic carbocycles. The van der Waals surface area contributed by atoms with Gasteiger partial charge in [0, 0.05) is 10.5 Å². The SMILES string of the molecule is CSc1cc(-c2cc(C(=O)O)[nH]n2)ccc1C. The number of thioether (sulfide) groups is 1. The van der Waals surface area contributed by atoms with Gasteiger partial charge in [-0.25, -0.2) is 4.79 Å². The Morgan fingerprint density at radius 1 is 1.41 bits per heavy atom. The molecule has 0 bridgehead atoms. The maximum atomic E-state index is 10.7. The first-order valence-electron chi connectivity index (χ1n) is 5.05. The Bertz CT molecular complexity index is 563. The van der Waals surface area contributed by atoms with Crippen molar-refractivity contribution in [3.63, 3.8) is 0 Å². The molecule has 2 rings (SSSR count). The van der Waals surface area contributed by atoms with Crippen LogP contribution in [0.1, 0.15) is 16.1 Å². The minimum Gasteiger partial charge on any atom is -0.477 e. The summed E-state index contributed by atoms with van der Waals surface area (Å²) in [5.74, 6) is -0.999. The van der Waals surface area contributed by atoms with Gasteiger partial charge in [-0.1, -0.05) is 12.1 Å². The van der Waals surface area contributed by atoms with Gasteiger partial charge in [-0.15, -0.1) is 11.8 Å². The van der Waals surface area contributed by atoms with Gasteiger partial charge in [0.25, 0.3) is 0 Å². The van der Waals surface area contributed by atoms with Crippen LogP contribution in [0.5, 0.6) is 0 Å². The Balaban J connectivity index is 2.42. The van der Waals surface area contributed by atoms with Crippen LogP contribution in [0, 0.1) is 6.92 Å². The van der Waals surface area contributed by atoms with E-state index in [1.54, 1.807) is 11.8 Å². The molecule has 0 atom stereocenters. The van der Waals surface area contributed by atoms with Crippen molar-refractivity contribution in [2.24, 2.45) is 0 Å². The van der Waals surface area contributed by atoms with Crippen LogP contribution in [0.3, 0.4) is 0 Å². The van der Waals surface area contributed by atoms with Gasteiger partial charge in [-0.3, -0.25) is 5.10 Å². The maximum Gasteiger partial charge on any atom is 0.353 e. The Hall–Kier alpha value is -1.75. The number of carboxylic acids is 1. The summed E-state index contributed by atoms with van der Waals surface area (Å²) in [5.41, 5.74) is 2.88.